The van der Waals surface area contributed by atoms with Gasteiger partial charge in [0.2, 0.25) is 11.8 Å². The molecule has 0 aromatic carbocycles. The fourth-order valence-electron chi connectivity index (χ4n) is 2.02. The SMILES string of the molecule is C/C=C/OC(=O)CC(C(=O)O)N(C(=O)C/C=C/CC)C(=O)C/C=C/CC. The molecule has 144 valence electrons. The van der Waals surface area contributed by atoms with E-state index in [1.165, 1.54) is 6.08 Å². The zero-order chi connectivity index (χ0) is 19.9. The highest BCUT2D eigenvalue weighted by Crippen LogP contribution is 2.12. The highest BCUT2D eigenvalue weighted by molar-refractivity contribution is 6.01. The van der Waals surface area contributed by atoms with Crippen molar-refractivity contribution in [2.75, 3.05) is 0 Å². The molecule has 0 aliphatic heterocycles. The molecule has 0 aliphatic rings. The van der Waals surface area contributed by atoms with Gasteiger partial charge in [0.25, 0.3) is 0 Å². The molecule has 7 heteroatoms. The Kier molecular flexibility index (Phi) is 12.2. The number of hydrogen-bond acceptors (Lipinski definition) is 5. The van der Waals surface area contributed by atoms with E-state index in [9.17, 15) is 24.3 Å². The molecule has 0 heterocycles. The minimum atomic E-state index is -1.61. The second kappa shape index (κ2) is 13.6. The van der Waals surface area contributed by atoms with E-state index in [1.807, 2.05) is 13.8 Å². The zero-order valence-electron chi connectivity index (χ0n) is 15.5. The van der Waals surface area contributed by atoms with Crippen LogP contribution in [0.15, 0.2) is 36.6 Å². The number of ether oxygens (including phenoxy) is 1. The molecule has 0 fully saturated rings. The topological polar surface area (TPSA) is 101 Å². The minimum Gasteiger partial charge on any atom is -0.480 e. The van der Waals surface area contributed by atoms with E-state index in [-0.39, 0.29) is 12.8 Å². The van der Waals surface area contributed by atoms with E-state index in [0.29, 0.717) is 17.7 Å². The van der Waals surface area contributed by atoms with Gasteiger partial charge in [-0.1, -0.05) is 44.2 Å². The van der Waals surface area contributed by atoms with Crippen molar-refractivity contribution in [1.82, 2.24) is 4.90 Å². The lowest BCUT2D eigenvalue weighted by atomic mass is 10.1. The smallest absolute Gasteiger partial charge is 0.327 e. The average Bonchev–Trinajstić information content (AvgIpc) is 2.59. The number of nitrogens with zero attached hydrogens (tertiary/aromatic N) is 1. The Morgan fingerprint density at radius 1 is 0.962 bits per heavy atom. The second-order valence-corrected chi connectivity index (χ2v) is 5.34. The Labute approximate surface area is 154 Å². The standard InChI is InChI=1S/C19H27NO6/c1-4-7-9-11-16(21)20(17(22)12-10-8-5-2)15(19(24)25)14-18(23)26-13-6-3/h6-10,13,15H,4-5,11-12,14H2,1-3H3,(H,24,25)/b9-7+,10-8+,13-6+. The third-order valence-corrected chi connectivity index (χ3v) is 3.22. The number of carbonyl (C=O) groups excluding carboxylic acids is 3. The highest BCUT2D eigenvalue weighted by atomic mass is 16.5. The van der Waals surface area contributed by atoms with E-state index in [2.05, 4.69) is 0 Å². The second-order valence-electron chi connectivity index (χ2n) is 5.34. The lowest BCUT2D eigenvalue weighted by Gasteiger charge is -2.26. The van der Waals surface area contributed by atoms with Crippen molar-refractivity contribution < 1.29 is 29.0 Å². The maximum Gasteiger partial charge on any atom is 0.327 e. The van der Waals surface area contributed by atoms with E-state index in [0.717, 1.165) is 6.26 Å². The van der Waals surface area contributed by atoms with E-state index < -0.39 is 36.2 Å². The van der Waals surface area contributed by atoms with Gasteiger partial charge in [-0.05, 0) is 19.8 Å². The predicted octanol–water partition coefficient (Wildman–Crippen LogP) is 2.97. The Bertz CT molecular complexity index is 549. The summed E-state index contributed by atoms with van der Waals surface area (Å²) in [5.41, 5.74) is 0. The molecular formula is C19H27NO6. The monoisotopic (exact) mass is 365 g/mol. The van der Waals surface area contributed by atoms with Gasteiger partial charge in [-0.2, -0.15) is 0 Å². The number of esters is 1. The van der Waals surface area contributed by atoms with Crippen molar-refractivity contribution in [2.45, 2.75) is 58.9 Å². The number of aliphatic carboxylic acids is 1. The number of hydrogen-bond donors (Lipinski definition) is 1. The molecule has 0 spiro atoms. The van der Waals surface area contributed by atoms with Gasteiger partial charge in [0.05, 0.1) is 12.7 Å². The first-order chi connectivity index (χ1) is 12.4. The number of rotatable bonds is 11. The Hall–Kier alpha value is -2.70. The minimum absolute atomic E-state index is 0.120. The summed E-state index contributed by atoms with van der Waals surface area (Å²) in [6.45, 7) is 5.40. The van der Waals surface area contributed by atoms with Crippen LogP contribution in [0.2, 0.25) is 0 Å². The molecule has 0 aliphatic carbocycles. The quantitative estimate of drug-likeness (QED) is 0.343. The number of imide groups is 1. The molecule has 26 heavy (non-hydrogen) atoms. The molecule has 0 aromatic rings. The first kappa shape index (κ1) is 23.3. The fraction of sp³-hybridized carbons (Fsp3) is 0.474. The molecule has 1 atom stereocenters. The molecule has 0 rings (SSSR count). The molecule has 0 saturated carbocycles. The summed E-state index contributed by atoms with van der Waals surface area (Å²) < 4.78 is 4.72. The van der Waals surface area contributed by atoms with Crippen LogP contribution in [0.5, 0.6) is 0 Å². The summed E-state index contributed by atoms with van der Waals surface area (Å²) in [6.07, 6.45) is 9.76. The normalized spacial score (nSPS) is 12.6. The van der Waals surface area contributed by atoms with Crippen LogP contribution in [-0.2, 0) is 23.9 Å². The van der Waals surface area contributed by atoms with Crippen molar-refractivity contribution in [3.05, 3.63) is 36.6 Å². The van der Waals surface area contributed by atoms with Crippen LogP contribution >= 0.6 is 0 Å². The highest BCUT2D eigenvalue weighted by Gasteiger charge is 2.35. The Balaban J connectivity index is 5.50. The number of amides is 2. The molecule has 0 radical (unpaired) electrons. The van der Waals surface area contributed by atoms with Gasteiger partial charge in [-0.25, -0.2) is 4.79 Å². The molecule has 0 saturated heterocycles. The number of carbonyl (C=O) groups is 4. The maximum absolute atomic E-state index is 12.4. The van der Waals surface area contributed by atoms with Crippen molar-refractivity contribution in [2.24, 2.45) is 0 Å². The number of allylic oxidation sites excluding steroid dienone is 3. The summed E-state index contributed by atoms with van der Waals surface area (Å²) >= 11 is 0. The third kappa shape index (κ3) is 8.96. The average molecular weight is 365 g/mol. The van der Waals surface area contributed by atoms with Crippen molar-refractivity contribution in [1.29, 1.82) is 0 Å². The van der Waals surface area contributed by atoms with Gasteiger partial charge in [0, 0.05) is 12.8 Å². The number of carboxylic acids is 1. The van der Waals surface area contributed by atoms with Crippen LogP contribution in [0, 0.1) is 0 Å². The van der Waals surface area contributed by atoms with Gasteiger partial charge in [-0.3, -0.25) is 19.3 Å². The van der Waals surface area contributed by atoms with Gasteiger partial charge in [-0.15, -0.1) is 0 Å². The van der Waals surface area contributed by atoms with Crippen molar-refractivity contribution >= 4 is 23.8 Å². The van der Waals surface area contributed by atoms with Crippen molar-refractivity contribution in [3.8, 4) is 0 Å². The first-order valence-electron chi connectivity index (χ1n) is 8.57. The van der Waals surface area contributed by atoms with Crippen LogP contribution in [0.25, 0.3) is 0 Å². The number of carboxylic acid groups (broad SMARTS) is 1. The van der Waals surface area contributed by atoms with Crippen molar-refractivity contribution in [3.63, 3.8) is 0 Å². The van der Waals surface area contributed by atoms with Crippen LogP contribution in [0.1, 0.15) is 52.9 Å². The van der Waals surface area contributed by atoms with Crippen LogP contribution in [0.3, 0.4) is 0 Å². The van der Waals surface area contributed by atoms with E-state index in [1.54, 1.807) is 31.2 Å². The van der Waals surface area contributed by atoms with Gasteiger partial charge in [0.15, 0.2) is 0 Å². The van der Waals surface area contributed by atoms with Crippen LogP contribution < -0.4 is 0 Å². The maximum atomic E-state index is 12.4. The zero-order valence-corrected chi connectivity index (χ0v) is 15.5. The summed E-state index contributed by atoms with van der Waals surface area (Å²) in [4.78, 5) is 48.9. The molecule has 0 bridgehead atoms. The molecule has 2 amide bonds. The largest absolute Gasteiger partial charge is 0.480 e. The van der Waals surface area contributed by atoms with E-state index in [4.69, 9.17) is 4.74 Å². The Morgan fingerprint density at radius 3 is 1.85 bits per heavy atom. The lowest BCUT2D eigenvalue weighted by Crippen LogP contribution is -2.49. The van der Waals surface area contributed by atoms with Crippen LogP contribution in [-0.4, -0.2) is 39.8 Å². The van der Waals surface area contributed by atoms with Crippen LogP contribution in [0.4, 0.5) is 0 Å². The molecule has 0 aromatic heterocycles. The van der Waals surface area contributed by atoms with Gasteiger partial charge in [0.1, 0.15) is 6.04 Å². The Morgan fingerprint density at radius 2 is 1.46 bits per heavy atom. The molecular weight excluding hydrogens is 338 g/mol. The summed E-state index contributed by atoms with van der Waals surface area (Å²) in [5.74, 6) is -3.62. The first-order valence-corrected chi connectivity index (χ1v) is 8.57. The predicted molar refractivity (Wildman–Crippen MR) is 96.9 cm³/mol. The van der Waals surface area contributed by atoms with Gasteiger partial charge < -0.3 is 9.84 Å². The fourth-order valence-corrected chi connectivity index (χ4v) is 2.02. The molecule has 7 nitrogen and oxygen atoms in total. The summed E-state index contributed by atoms with van der Waals surface area (Å²) in [5, 5.41) is 9.45. The summed E-state index contributed by atoms with van der Waals surface area (Å²) in [7, 11) is 0. The lowest BCUT2D eigenvalue weighted by molar-refractivity contribution is -0.160. The summed E-state index contributed by atoms with van der Waals surface area (Å²) in [6, 6.07) is -1.61. The third-order valence-electron chi connectivity index (χ3n) is 3.22. The van der Waals surface area contributed by atoms with E-state index >= 15 is 0 Å². The van der Waals surface area contributed by atoms with Gasteiger partial charge >= 0.3 is 11.9 Å². The molecule has 1 unspecified atom stereocenters. The molecule has 1 N–H and O–H groups in total.